The molecular formula is C24H35ClO2. The van der Waals surface area contributed by atoms with Crippen LogP contribution in [0.5, 0.6) is 5.75 Å². The number of halogens is 1. The molecule has 1 aromatic carbocycles. The summed E-state index contributed by atoms with van der Waals surface area (Å²) in [4.78, 5) is 12.4. The molecule has 0 saturated heterocycles. The number of carbonyl (C=O) groups excluding carboxylic acids is 1. The molecule has 0 N–H and O–H groups in total. The highest BCUT2D eigenvalue weighted by Gasteiger charge is 2.33. The normalized spacial score (nSPS) is 28.7. The van der Waals surface area contributed by atoms with Crippen LogP contribution in [0.15, 0.2) is 24.3 Å². The van der Waals surface area contributed by atoms with E-state index >= 15 is 0 Å². The molecule has 2 aliphatic rings. The van der Waals surface area contributed by atoms with Crippen molar-refractivity contribution in [1.82, 2.24) is 0 Å². The predicted octanol–water partition coefficient (Wildman–Crippen LogP) is 7.44. The molecule has 0 atom stereocenters. The van der Waals surface area contributed by atoms with Crippen molar-refractivity contribution in [2.45, 2.75) is 84.0 Å². The van der Waals surface area contributed by atoms with Gasteiger partial charge in [0.05, 0.1) is 5.92 Å². The van der Waals surface area contributed by atoms with Gasteiger partial charge in [-0.15, -0.1) is 0 Å². The number of unbranched alkanes of at least 4 members (excludes halogenated alkanes) is 2. The fraction of sp³-hybridized carbons (Fsp3) is 0.708. The van der Waals surface area contributed by atoms with Gasteiger partial charge in [0.2, 0.25) is 0 Å². The van der Waals surface area contributed by atoms with Crippen LogP contribution in [0, 0.1) is 23.7 Å². The molecule has 0 amide bonds. The maximum atomic E-state index is 12.4. The number of rotatable bonds is 7. The second-order valence-corrected chi connectivity index (χ2v) is 9.20. The summed E-state index contributed by atoms with van der Waals surface area (Å²) in [5, 5.41) is 0.662. The van der Waals surface area contributed by atoms with Crippen LogP contribution in [0.25, 0.3) is 0 Å². The van der Waals surface area contributed by atoms with Crippen LogP contribution in [0.2, 0.25) is 5.02 Å². The van der Waals surface area contributed by atoms with Gasteiger partial charge in [0.1, 0.15) is 5.75 Å². The van der Waals surface area contributed by atoms with Gasteiger partial charge in [-0.1, -0.05) is 57.0 Å². The average Bonchev–Trinajstić information content (AvgIpc) is 2.70. The Hall–Kier alpha value is -1.02. The van der Waals surface area contributed by atoms with Crippen LogP contribution in [0.1, 0.15) is 84.0 Å². The Kier molecular flexibility index (Phi) is 8.06. The lowest BCUT2D eigenvalue weighted by molar-refractivity contribution is -0.140. The lowest BCUT2D eigenvalue weighted by atomic mass is 9.68. The summed E-state index contributed by atoms with van der Waals surface area (Å²) < 4.78 is 5.55. The number of carbonyl (C=O) groups is 1. The topological polar surface area (TPSA) is 26.3 Å². The minimum absolute atomic E-state index is 0.0598. The number of hydrogen-bond donors (Lipinski definition) is 0. The Balaban J connectivity index is 1.37. The predicted molar refractivity (Wildman–Crippen MR) is 112 cm³/mol. The third kappa shape index (κ3) is 6.24. The molecule has 0 radical (unpaired) electrons. The Morgan fingerprint density at radius 2 is 1.52 bits per heavy atom. The van der Waals surface area contributed by atoms with E-state index in [2.05, 4.69) is 6.92 Å². The second-order valence-electron chi connectivity index (χ2n) is 8.76. The average molecular weight is 391 g/mol. The van der Waals surface area contributed by atoms with E-state index in [4.69, 9.17) is 16.3 Å². The Labute approximate surface area is 170 Å². The summed E-state index contributed by atoms with van der Waals surface area (Å²) in [6.45, 7) is 2.29. The largest absolute Gasteiger partial charge is 0.426 e. The first-order valence-corrected chi connectivity index (χ1v) is 11.5. The monoisotopic (exact) mass is 390 g/mol. The third-order valence-corrected chi connectivity index (χ3v) is 7.16. The first-order valence-electron chi connectivity index (χ1n) is 11.1. The standard InChI is InChI=1S/C24H35ClO2/c1-2-3-4-5-18-6-8-19(9-7-18)20-10-12-21(13-11-20)24(26)27-23-16-14-22(25)15-17-23/h14-21H,2-13H2,1H3/t18-,19-,20?,21?. The first-order chi connectivity index (χ1) is 13.2. The van der Waals surface area contributed by atoms with Gasteiger partial charge >= 0.3 is 5.97 Å². The van der Waals surface area contributed by atoms with Gasteiger partial charge in [-0.05, 0) is 80.5 Å². The Morgan fingerprint density at radius 3 is 2.11 bits per heavy atom. The molecule has 0 spiro atoms. The van der Waals surface area contributed by atoms with Crippen LogP contribution < -0.4 is 4.74 Å². The van der Waals surface area contributed by atoms with Crippen LogP contribution in [-0.4, -0.2) is 5.97 Å². The molecule has 3 rings (SSSR count). The molecule has 1 aromatic rings. The zero-order valence-corrected chi connectivity index (χ0v) is 17.6. The highest BCUT2D eigenvalue weighted by molar-refractivity contribution is 6.30. The maximum absolute atomic E-state index is 12.4. The highest BCUT2D eigenvalue weighted by Crippen LogP contribution is 2.42. The van der Waals surface area contributed by atoms with Crippen LogP contribution >= 0.6 is 11.6 Å². The van der Waals surface area contributed by atoms with Crippen molar-refractivity contribution in [3.8, 4) is 5.75 Å². The lowest BCUT2D eigenvalue weighted by Gasteiger charge is -2.37. The van der Waals surface area contributed by atoms with Crippen LogP contribution in [-0.2, 0) is 4.79 Å². The van der Waals surface area contributed by atoms with Crippen molar-refractivity contribution in [3.63, 3.8) is 0 Å². The van der Waals surface area contributed by atoms with E-state index in [1.54, 1.807) is 24.3 Å². The number of esters is 1. The number of ether oxygens (including phenoxy) is 1. The van der Waals surface area contributed by atoms with Crippen molar-refractivity contribution >= 4 is 17.6 Å². The van der Waals surface area contributed by atoms with E-state index in [9.17, 15) is 4.79 Å². The SMILES string of the molecule is CCCCC[C@H]1CC[C@H](C2CCC(C(=O)Oc3ccc(Cl)cc3)CC2)CC1. The fourth-order valence-electron chi connectivity index (χ4n) is 5.16. The van der Waals surface area contributed by atoms with E-state index in [-0.39, 0.29) is 11.9 Å². The Bertz CT molecular complexity index is 567. The Morgan fingerprint density at radius 1 is 0.926 bits per heavy atom. The van der Waals surface area contributed by atoms with E-state index in [1.165, 1.54) is 64.2 Å². The maximum Gasteiger partial charge on any atom is 0.314 e. The van der Waals surface area contributed by atoms with Crippen LogP contribution in [0.3, 0.4) is 0 Å². The van der Waals surface area contributed by atoms with Gasteiger partial charge in [0.25, 0.3) is 0 Å². The van der Waals surface area contributed by atoms with E-state index in [0.29, 0.717) is 10.8 Å². The molecule has 0 aliphatic heterocycles. The lowest BCUT2D eigenvalue weighted by Crippen LogP contribution is -2.30. The second kappa shape index (κ2) is 10.5. The quantitative estimate of drug-likeness (QED) is 0.274. The number of hydrogen-bond acceptors (Lipinski definition) is 2. The van der Waals surface area contributed by atoms with Crippen molar-refractivity contribution in [2.24, 2.45) is 23.7 Å². The van der Waals surface area contributed by atoms with Crippen molar-refractivity contribution < 1.29 is 9.53 Å². The van der Waals surface area contributed by atoms with Gasteiger partial charge < -0.3 is 4.74 Å². The van der Waals surface area contributed by atoms with Crippen molar-refractivity contribution in [2.75, 3.05) is 0 Å². The summed E-state index contributed by atoms with van der Waals surface area (Å²) in [5.74, 6) is 3.34. The van der Waals surface area contributed by atoms with E-state index in [1.807, 2.05) is 0 Å². The fourth-order valence-corrected chi connectivity index (χ4v) is 5.29. The van der Waals surface area contributed by atoms with Crippen molar-refractivity contribution in [3.05, 3.63) is 29.3 Å². The summed E-state index contributed by atoms with van der Waals surface area (Å²) in [6.07, 6.45) is 15.7. The first kappa shape index (κ1) is 20.7. The summed E-state index contributed by atoms with van der Waals surface area (Å²) in [7, 11) is 0. The molecule has 0 bridgehead atoms. The van der Waals surface area contributed by atoms with Gasteiger partial charge in [-0.25, -0.2) is 0 Å². The van der Waals surface area contributed by atoms with E-state index in [0.717, 1.165) is 30.6 Å². The smallest absolute Gasteiger partial charge is 0.314 e. The van der Waals surface area contributed by atoms with Gasteiger partial charge in [0.15, 0.2) is 0 Å². The minimum Gasteiger partial charge on any atom is -0.426 e. The molecule has 0 aromatic heterocycles. The zero-order valence-electron chi connectivity index (χ0n) is 16.8. The summed E-state index contributed by atoms with van der Waals surface area (Å²) in [6, 6.07) is 7.06. The molecule has 150 valence electrons. The molecule has 2 fully saturated rings. The summed E-state index contributed by atoms with van der Waals surface area (Å²) in [5.41, 5.74) is 0. The summed E-state index contributed by atoms with van der Waals surface area (Å²) >= 11 is 5.89. The van der Waals surface area contributed by atoms with Gasteiger partial charge in [-0.3, -0.25) is 4.79 Å². The molecule has 0 heterocycles. The van der Waals surface area contributed by atoms with E-state index < -0.39 is 0 Å². The molecule has 2 nitrogen and oxygen atoms in total. The zero-order chi connectivity index (χ0) is 19.1. The minimum atomic E-state index is -0.0598. The molecular weight excluding hydrogens is 356 g/mol. The van der Waals surface area contributed by atoms with Crippen molar-refractivity contribution in [1.29, 1.82) is 0 Å². The molecule has 2 saturated carbocycles. The van der Waals surface area contributed by atoms with Crippen LogP contribution in [0.4, 0.5) is 0 Å². The third-order valence-electron chi connectivity index (χ3n) is 6.91. The molecule has 0 unspecified atom stereocenters. The molecule has 3 heteroatoms. The highest BCUT2D eigenvalue weighted by atomic mass is 35.5. The molecule has 27 heavy (non-hydrogen) atoms. The van der Waals surface area contributed by atoms with Gasteiger partial charge in [0, 0.05) is 5.02 Å². The number of benzene rings is 1. The van der Waals surface area contributed by atoms with Gasteiger partial charge in [-0.2, -0.15) is 0 Å². The molecule has 2 aliphatic carbocycles.